The maximum Gasteiger partial charge on any atom is 0.239 e. The van der Waals surface area contributed by atoms with E-state index in [0.717, 1.165) is 0 Å². The quantitative estimate of drug-likeness (QED) is 0.440. The van der Waals surface area contributed by atoms with Crippen molar-refractivity contribution in [3.05, 3.63) is 6.61 Å². The smallest absolute Gasteiger partial charge is 0.239 e. The number of rotatable bonds is 0. The van der Waals surface area contributed by atoms with Gasteiger partial charge in [-0.05, 0) is 0 Å². The van der Waals surface area contributed by atoms with E-state index in [1.807, 2.05) is 0 Å². The highest BCUT2D eigenvalue weighted by atomic mass is 16.7. The molecule has 3 heteroatoms. The average molecular weight is 99.1 g/mol. The molecule has 0 atom stereocenters. The summed E-state index contributed by atoms with van der Waals surface area (Å²) in [6.45, 7) is 2.49. The average Bonchev–Trinajstić information content (AvgIpc) is 2.14. The van der Waals surface area contributed by atoms with Crippen LogP contribution in [0.25, 0.3) is 0 Å². The largest absolute Gasteiger partial charge is 0.482 e. The van der Waals surface area contributed by atoms with Crippen LogP contribution >= 0.6 is 0 Å². The van der Waals surface area contributed by atoms with Crippen LogP contribution in [0, 0.1) is 6.61 Å². The van der Waals surface area contributed by atoms with Gasteiger partial charge in [0, 0.05) is 0 Å². The molecule has 0 aromatic heterocycles. The number of ether oxygens (including phenoxy) is 1. The molecule has 1 aliphatic heterocycles. The van der Waals surface area contributed by atoms with E-state index in [1.54, 1.807) is 7.11 Å². The topological polar surface area (TPSA) is 30.8 Å². The number of oxime groups is 1. The standard InChI is InChI=1S/C4H5NO2/c1-6-4-2-3-7-5-4/h2H2,1H3. The van der Waals surface area contributed by atoms with Crippen molar-refractivity contribution in [1.29, 1.82) is 0 Å². The zero-order valence-corrected chi connectivity index (χ0v) is 3.97. The molecule has 1 heterocycles. The first kappa shape index (κ1) is 4.43. The maximum atomic E-state index is 4.67. The molecule has 0 fully saturated rings. The molecule has 3 nitrogen and oxygen atoms in total. The first-order chi connectivity index (χ1) is 3.43. The van der Waals surface area contributed by atoms with Crippen LogP contribution in [0.5, 0.6) is 0 Å². The van der Waals surface area contributed by atoms with Gasteiger partial charge in [0.15, 0.2) is 0 Å². The Bertz CT molecular complexity index is 89.7. The lowest BCUT2D eigenvalue weighted by Gasteiger charge is -1.87. The van der Waals surface area contributed by atoms with Gasteiger partial charge in [-0.15, -0.1) is 0 Å². The molecule has 0 aromatic carbocycles. The fraction of sp³-hybridized carbons (Fsp3) is 0.500. The molecular formula is C4H5NO2. The third-order valence-electron chi connectivity index (χ3n) is 0.671. The van der Waals surface area contributed by atoms with Crippen molar-refractivity contribution in [2.75, 3.05) is 7.11 Å². The van der Waals surface area contributed by atoms with Gasteiger partial charge in [-0.25, -0.2) is 0 Å². The molecule has 0 spiro atoms. The minimum absolute atomic E-state index is 0.566. The van der Waals surface area contributed by atoms with E-state index in [-0.39, 0.29) is 0 Å². The van der Waals surface area contributed by atoms with Crippen molar-refractivity contribution in [2.24, 2.45) is 5.16 Å². The summed E-state index contributed by atoms with van der Waals surface area (Å²) in [4.78, 5) is 4.36. The van der Waals surface area contributed by atoms with Gasteiger partial charge in [0.25, 0.3) is 0 Å². The lowest BCUT2D eigenvalue weighted by molar-refractivity contribution is 0.230. The first-order valence-corrected chi connectivity index (χ1v) is 1.93. The fourth-order valence-electron chi connectivity index (χ4n) is 0.319. The Morgan fingerprint density at radius 3 is 3.14 bits per heavy atom. The SMILES string of the molecule is COC1=NO[C]C1. The molecule has 1 rings (SSSR count). The van der Waals surface area contributed by atoms with Crippen molar-refractivity contribution in [1.82, 2.24) is 0 Å². The van der Waals surface area contributed by atoms with E-state index in [2.05, 4.69) is 21.3 Å². The molecule has 0 aromatic rings. The summed E-state index contributed by atoms with van der Waals surface area (Å²) in [6, 6.07) is 0. The van der Waals surface area contributed by atoms with E-state index >= 15 is 0 Å². The van der Waals surface area contributed by atoms with Gasteiger partial charge in [-0.1, -0.05) is 5.16 Å². The van der Waals surface area contributed by atoms with Crippen LogP contribution in [0.15, 0.2) is 5.16 Å². The van der Waals surface area contributed by atoms with Gasteiger partial charge in [-0.3, -0.25) is 0 Å². The van der Waals surface area contributed by atoms with Crippen molar-refractivity contribution in [2.45, 2.75) is 6.42 Å². The summed E-state index contributed by atoms with van der Waals surface area (Å²) in [6.07, 6.45) is 0.566. The molecule has 0 unspecified atom stereocenters. The fourth-order valence-corrected chi connectivity index (χ4v) is 0.319. The van der Waals surface area contributed by atoms with Crippen molar-refractivity contribution < 1.29 is 9.57 Å². The highest BCUT2D eigenvalue weighted by Gasteiger charge is 2.07. The van der Waals surface area contributed by atoms with Crippen LogP contribution in [0.4, 0.5) is 0 Å². The molecule has 0 amide bonds. The minimum Gasteiger partial charge on any atom is -0.482 e. The van der Waals surface area contributed by atoms with Crippen LogP contribution in [-0.2, 0) is 9.57 Å². The second-order valence-electron chi connectivity index (χ2n) is 1.10. The second-order valence-corrected chi connectivity index (χ2v) is 1.10. The Morgan fingerprint density at radius 2 is 2.86 bits per heavy atom. The zero-order valence-electron chi connectivity index (χ0n) is 3.97. The van der Waals surface area contributed by atoms with E-state index in [1.165, 1.54) is 0 Å². The number of methoxy groups -OCH3 is 1. The molecule has 7 heavy (non-hydrogen) atoms. The molecule has 0 saturated carbocycles. The lowest BCUT2D eigenvalue weighted by atomic mass is 10.5. The summed E-state index contributed by atoms with van der Waals surface area (Å²) >= 11 is 0. The van der Waals surface area contributed by atoms with Crippen molar-refractivity contribution >= 4 is 5.90 Å². The third-order valence-corrected chi connectivity index (χ3v) is 0.671. The molecular weight excluding hydrogens is 94.0 g/mol. The summed E-state index contributed by atoms with van der Waals surface area (Å²) < 4.78 is 4.67. The van der Waals surface area contributed by atoms with Crippen molar-refractivity contribution in [3.63, 3.8) is 0 Å². The van der Waals surface area contributed by atoms with Gasteiger partial charge in [-0.2, -0.15) is 0 Å². The van der Waals surface area contributed by atoms with Gasteiger partial charge in [0.2, 0.25) is 12.5 Å². The zero-order chi connectivity index (χ0) is 5.11. The Balaban J connectivity index is 2.36. The Hall–Kier alpha value is -0.730. The Labute approximate surface area is 41.9 Å². The van der Waals surface area contributed by atoms with Crippen LogP contribution in [0.2, 0.25) is 0 Å². The van der Waals surface area contributed by atoms with E-state index < -0.39 is 0 Å². The van der Waals surface area contributed by atoms with Crippen LogP contribution in [0.3, 0.4) is 0 Å². The molecule has 38 valence electrons. The monoisotopic (exact) mass is 99.0 g/mol. The maximum absolute atomic E-state index is 4.67. The van der Waals surface area contributed by atoms with E-state index in [9.17, 15) is 0 Å². The molecule has 2 radical (unpaired) electrons. The molecule has 0 N–H and O–H groups in total. The van der Waals surface area contributed by atoms with Crippen molar-refractivity contribution in [3.8, 4) is 0 Å². The van der Waals surface area contributed by atoms with Crippen LogP contribution in [-0.4, -0.2) is 13.0 Å². The lowest BCUT2D eigenvalue weighted by Crippen LogP contribution is -1.93. The van der Waals surface area contributed by atoms with E-state index in [0.29, 0.717) is 12.3 Å². The summed E-state index contributed by atoms with van der Waals surface area (Å²) in [7, 11) is 1.55. The van der Waals surface area contributed by atoms with Gasteiger partial charge in [0.1, 0.15) is 0 Å². The van der Waals surface area contributed by atoms with Gasteiger partial charge < -0.3 is 9.57 Å². The predicted octanol–water partition coefficient (Wildman–Crippen LogP) is 0.405. The number of hydrogen-bond donors (Lipinski definition) is 0. The molecule has 0 bridgehead atoms. The highest BCUT2D eigenvalue weighted by Crippen LogP contribution is 2.03. The number of hydrogen-bond acceptors (Lipinski definition) is 3. The summed E-state index contributed by atoms with van der Waals surface area (Å²) in [5.41, 5.74) is 0. The third kappa shape index (κ3) is 0.824. The van der Waals surface area contributed by atoms with E-state index in [4.69, 9.17) is 0 Å². The Morgan fingerprint density at radius 1 is 2.00 bits per heavy atom. The molecule has 0 aliphatic carbocycles. The predicted molar refractivity (Wildman–Crippen MR) is 23.4 cm³/mol. The highest BCUT2D eigenvalue weighted by molar-refractivity contribution is 5.77. The first-order valence-electron chi connectivity index (χ1n) is 1.93. The van der Waals surface area contributed by atoms with Crippen LogP contribution < -0.4 is 0 Å². The van der Waals surface area contributed by atoms with Gasteiger partial charge >= 0.3 is 0 Å². The van der Waals surface area contributed by atoms with Gasteiger partial charge in [0.05, 0.1) is 13.5 Å². The minimum atomic E-state index is 0.566. The summed E-state index contributed by atoms with van der Waals surface area (Å²) in [5.74, 6) is 0.583. The van der Waals surface area contributed by atoms with Crippen LogP contribution in [0.1, 0.15) is 6.42 Å². The Kier molecular flexibility index (Phi) is 1.15. The normalized spacial score (nSPS) is 18.1. The molecule has 0 saturated heterocycles. The number of nitrogens with zero attached hydrogens (tertiary/aromatic N) is 1. The second kappa shape index (κ2) is 1.82. The molecule has 1 aliphatic rings. The summed E-state index contributed by atoms with van der Waals surface area (Å²) in [5, 5.41) is 3.44.